The molecule has 7 heteroatoms. The maximum Gasteiger partial charge on any atom is 0.191 e. The summed E-state index contributed by atoms with van der Waals surface area (Å²) < 4.78 is 7.60. The number of fused-ring (bicyclic) bond motifs is 1. The van der Waals surface area contributed by atoms with Crippen LogP contribution in [0.5, 0.6) is 0 Å². The van der Waals surface area contributed by atoms with Crippen molar-refractivity contribution in [3.8, 4) is 0 Å². The average molecular weight is 435 g/mol. The van der Waals surface area contributed by atoms with Crippen molar-refractivity contribution in [2.45, 2.75) is 26.4 Å². The number of benzene rings is 2. The Bertz CT molecular complexity index is 991. The molecule has 1 aliphatic heterocycles. The normalized spacial score (nSPS) is 15.2. The van der Waals surface area contributed by atoms with E-state index in [2.05, 4.69) is 68.4 Å². The van der Waals surface area contributed by atoms with Crippen LogP contribution in [0.15, 0.2) is 59.9 Å². The van der Waals surface area contributed by atoms with Gasteiger partial charge in [-0.25, -0.2) is 9.98 Å². The second-order valence-corrected chi connectivity index (χ2v) is 8.11. The lowest BCUT2D eigenvalue weighted by atomic mass is 10.1. The van der Waals surface area contributed by atoms with Crippen molar-refractivity contribution < 1.29 is 4.74 Å². The van der Waals surface area contributed by atoms with Crippen LogP contribution in [0.25, 0.3) is 11.0 Å². The Hall–Kier alpha value is -2.90. The first-order valence-corrected chi connectivity index (χ1v) is 11.6. The molecule has 4 rings (SSSR count). The number of guanidine groups is 1. The van der Waals surface area contributed by atoms with Crippen molar-refractivity contribution in [3.63, 3.8) is 0 Å². The van der Waals surface area contributed by atoms with Crippen LogP contribution >= 0.6 is 0 Å². The standard InChI is InChI=1S/C25H34N6O/c1-2-26-25(27-12-5-13-30-14-16-32-17-15-30)28-18-21-8-10-22(11-9-21)19-31-20-29-23-6-3-4-7-24(23)31/h3-4,6-11,20H,2,5,12-19H2,1H3,(H2,26,27,28). The van der Waals surface area contributed by atoms with Crippen molar-refractivity contribution >= 4 is 17.0 Å². The second kappa shape index (κ2) is 11.6. The molecule has 32 heavy (non-hydrogen) atoms. The van der Waals surface area contributed by atoms with E-state index in [0.717, 1.165) is 75.9 Å². The molecule has 0 saturated carbocycles. The molecule has 1 aromatic heterocycles. The Morgan fingerprint density at radius 3 is 2.62 bits per heavy atom. The zero-order valence-corrected chi connectivity index (χ0v) is 19.0. The van der Waals surface area contributed by atoms with Crippen molar-refractivity contribution in [3.05, 3.63) is 66.0 Å². The van der Waals surface area contributed by atoms with Gasteiger partial charge in [-0.3, -0.25) is 4.90 Å². The third kappa shape index (κ3) is 6.31. The van der Waals surface area contributed by atoms with Gasteiger partial charge in [0.2, 0.25) is 0 Å². The van der Waals surface area contributed by atoms with Crippen LogP contribution in [0.3, 0.4) is 0 Å². The highest BCUT2D eigenvalue weighted by Gasteiger charge is 2.09. The highest BCUT2D eigenvalue weighted by molar-refractivity contribution is 5.79. The fraction of sp³-hybridized carbons (Fsp3) is 0.440. The highest BCUT2D eigenvalue weighted by atomic mass is 16.5. The van der Waals surface area contributed by atoms with Gasteiger partial charge in [0.15, 0.2) is 5.96 Å². The van der Waals surface area contributed by atoms with Gasteiger partial charge >= 0.3 is 0 Å². The summed E-state index contributed by atoms with van der Waals surface area (Å²) in [6.45, 7) is 10.2. The lowest BCUT2D eigenvalue weighted by Gasteiger charge is -2.26. The van der Waals surface area contributed by atoms with E-state index in [-0.39, 0.29) is 0 Å². The first-order chi connectivity index (χ1) is 15.8. The number of imidazole rings is 1. The molecule has 7 nitrogen and oxygen atoms in total. The highest BCUT2D eigenvalue weighted by Crippen LogP contribution is 2.14. The van der Waals surface area contributed by atoms with E-state index >= 15 is 0 Å². The second-order valence-electron chi connectivity index (χ2n) is 8.11. The van der Waals surface area contributed by atoms with Gasteiger partial charge in [0, 0.05) is 32.7 Å². The molecular weight excluding hydrogens is 400 g/mol. The lowest BCUT2D eigenvalue weighted by molar-refractivity contribution is 0.0376. The van der Waals surface area contributed by atoms with Gasteiger partial charge in [-0.05, 0) is 43.1 Å². The van der Waals surface area contributed by atoms with Crippen LogP contribution in [0, 0.1) is 0 Å². The van der Waals surface area contributed by atoms with Crippen LogP contribution < -0.4 is 10.6 Å². The number of nitrogens with zero attached hydrogens (tertiary/aromatic N) is 4. The first kappa shape index (κ1) is 22.3. The Balaban J connectivity index is 1.26. The summed E-state index contributed by atoms with van der Waals surface area (Å²) in [5, 5.41) is 6.80. The number of aliphatic imine (C=N–C) groups is 1. The molecule has 1 fully saturated rings. The topological polar surface area (TPSA) is 66.7 Å². The molecule has 2 heterocycles. The average Bonchev–Trinajstić information content (AvgIpc) is 3.24. The van der Waals surface area contributed by atoms with Gasteiger partial charge in [-0.1, -0.05) is 36.4 Å². The summed E-state index contributed by atoms with van der Waals surface area (Å²) in [6, 6.07) is 16.9. The van der Waals surface area contributed by atoms with Crippen molar-refractivity contribution in [1.82, 2.24) is 25.1 Å². The molecule has 0 bridgehead atoms. The quantitative estimate of drug-likeness (QED) is 0.308. The number of rotatable bonds is 9. The summed E-state index contributed by atoms with van der Waals surface area (Å²) in [6.07, 6.45) is 3.01. The smallest absolute Gasteiger partial charge is 0.191 e. The minimum absolute atomic E-state index is 0.660. The number of nitrogens with one attached hydrogen (secondary N) is 2. The van der Waals surface area contributed by atoms with Crippen LogP contribution in [0.4, 0.5) is 0 Å². The molecule has 1 aliphatic rings. The number of hydrogen-bond acceptors (Lipinski definition) is 4. The fourth-order valence-electron chi connectivity index (χ4n) is 3.93. The summed E-state index contributed by atoms with van der Waals surface area (Å²) in [5.74, 6) is 0.878. The Kier molecular flexibility index (Phi) is 8.11. The minimum Gasteiger partial charge on any atom is -0.379 e. The van der Waals surface area contributed by atoms with Gasteiger partial charge in [0.25, 0.3) is 0 Å². The van der Waals surface area contributed by atoms with Crippen molar-refractivity contribution in [2.24, 2.45) is 4.99 Å². The maximum atomic E-state index is 5.41. The predicted molar refractivity (Wildman–Crippen MR) is 130 cm³/mol. The third-order valence-electron chi connectivity index (χ3n) is 5.71. The SMILES string of the molecule is CCNC(=NCc1ccc(Cn2cnc3ccccc32)cc1)NCCCN1CCOCC1. The number of morpholine rings is 1. The molecule has 0 aliphatic carbocycles. The Morgan fingerprint density at radius 1 is 1.03 bits per heavy atom. The molecule has 0 amide bonds. The Labute approximate surface area is 190 Å². The summed E-state index contributed by atoms with van der Waals surface area (Å²) in [4.78, 5) is 11.7. The minimum atomic E-state index is 0.660. The number of aromatic nitrogens is 2. The third-order valence-corrected chi connectivity index (χ3v) is 5.71. The van der Waals surface area contributed by atoms with E-state index < -0.39 is 0 Å². The van der Waals surface area contributed by atoms with Gasteiger partial charge < -0.3 is 19.9 Å². The molecule has 2 N–H and O–H groups in total. The zero-order chi connectivity index (χ0) is 22.0. The summed E-state index contributed by atoms with van der Waals surface area (Å²) >= 11 is 0. The van der Waals surface area contributed by atoms with Gasteiger partial charge in [-0.2, -0.15) is 0 Å². The van der Waals surface area contributed by atoms with E-state index in [1.54, 1.807) is 0 Å². The van der Waals surface area contributed by atoms with Crippen LogP contribution in [-0.4, -0.2) is 66.3 Å². The van der Waals surface area contributed by atoms with E-state index in [9.17, 15) is 0 Å². The fourth-order valence-corrected chi connectivity index (χ4v) is 3.93. The largest absolute Gasteiger partial charge is 0.379 e. The number of hydrogen-bond donors (Lipinski definition) is 2. The molecule has 3 aromatic rings. The van der Waals surface area contributed by atoms with Crippen LogP contribution in [-0.2, 0) is 17.8 Å². The summed E-state index contributed by atoms with van der Waals surface area (Å²) in [7, 11) is 0. The van der Waals surface area contributed by atoms with Gasteiger partial charge in [-0.15, -0.1) is 0 Å². The predicted octanol–water partition coefficient (Wildman–Crippen LogP) is 2.86. The maximum absolute atomic E-state index is 5.41. The van der Waals surface area contributed by atoms with Gasteiger partial charge in [0.05, 0.1) is 37.1 Å². The van der Waals surface area contributed by atoms with E-state index in [1.165, 1.54) is 11.1 Å². The van der Waals surface area contributed by atoms with Crippen molar-refractivity contribution in [1.29, 1.82) is 0 Å². The van der Waals surface area contributed by atoms with E-state index in [1.807, 2.05) is 18.5 Å². The molecule has 0 unspecified atom stereocenters. The first-order valence-electron chi connectivity index (χ1n) is 11.6. The van der Waals surface area contributed by atoms with E-state index in [4.69, 9.17) is 9.73 Å². The molecular formula is C25H34N6O. The monoisotopic (exact) mass is 434 g/mol. The number of para-hydroxylation sites is 2. The summed E-state index contributed by atoms with van der Waals surface area (Å²) in [5.41, 5.74) is 4.66. The molecule has 0 atom stereocenters. The molecule has 170 valence electrons. The van der Waals surface area contributed by atoms with Gasteiger partial charge in [0.1, 0.15) is 0 Å². The lowest BCUT2D eigenvalue weighted by Crippen LogP contribution is -2.40. The molecule has 2 aromatic carbocycles. The molecule has 1 saturated heterocycles. The molecule has 0 spiro atoms. The number of ether oxygens (including phenoxy) is 1. The van der Waals surface area contributed by atoms with Crippen LogP contribution in [0.1, 0.15) is 24.5 Å². The van der Waals surface area contributed by atoms with E-state index in [0.29, 0.717) is 6.54 Å². The van der Waals surface area contributed by atoms with Crippen LogP contribution in [0.2, 0.25) is 0 Å². The Morgan fingerprint density at radius 2 is 1.81 bits per heavy atom. The zero-order valence-electron chi connectivity index (χ0n) is 19.0. The van der Waals surface area contributed by atoms with Crippen molar-refractivity contribution in [2.75, 3.05) is 45.9 Å². The molecule has 0 radical (unpaired) electrons.